The van der Waals surface area contributed by atoms with Crippen LogP contribution in [0.1, 0.15) is 68.9 Å². The first kappa shape index (κ1) is 58.6. The second kappa shape index (κ2) is 29.6. The van der Waals surface area contributed by atoms with Crippen LogP contribution in [0.4, 0.5) is 10.8 Å². The molecule has 2 saturated carbocycles. The molecule has 21 heteroatoms. The van der Waals surface area contributed by atoms with Gasteiger partial charge in [0, 0.05) is 31.1 Å². The van der Waals surface area contributed by atoms with Gasteiger partial charge in [-0.2, -0.15) is 5.26 Å². The van der Waals surface area contributed by atoms with Gasteiger partial charge in [0.05, 0.1) is 65.5 Å². The molecule has 1 unspecified atom stereocenters. The van der Waals surface area contributed by atoms with E-state index in [1.807, 2.05) is 0 Å². The van der Waals surface area contributed by atoms with Gasteiger partial charge in [-0.25, -0.2) is 19.4 Å². The molecule has 2 aliphatic carbocycles. The second-order valence-electron chi connectivity index (χ2n) is 18.5. The lowest BCUT2D eigenvalue weighted by Crippen LogP contribution is -2.30. The van der Waals surface area contributed by atoms with E-state index in [0.29, 0.717) is 110 Å². The topological polar surface area (TPSA) is 264 Å². The molecule has 1 aromatic heterocycles. The van der Waals surface area contributed by atoms with Gasteiger partial charge in [0.25, 0.3) is 0 Å². The van der Waals surface area contributed by atoms with Crippen molar-refractivity contribution in [3.63, 3.8) is 0 Å². The summed E-state index contributed by atoms with van der Waals surface area (Å²) in [5.74, 6) is -3.49. The van der Waals surface area contributed by atoms with Crippen LogP contribution in [-0.2, 0) is 58.9 Å². The highest BCUT2D eigenvalue weighted by molar-refractivity contribution is 7.22. The number of hydrogen-bond donors (Lipinski definition) is 0. The molecule has 0 saturated heterocycles. The number of aromatic nitrogens is 1. The number of nitriles is 1. The maximum absolute atomic E-state index is 13.7. The summed E-state index contributed by atoms with van der Waals surface area (Å²) < 4.78 is 50.2. The van der Waals surface area contributed by atoms with Gasteiger partial charge in [-0.05, 0) is 136 Å². The van der Waals surface area contributed by atoms with Crippen LogP contribution in [0, 0.1) is 35.0 Å². The van der Waals surface area contributed by atoms with E-state index in [1.165, 1.54) is 11.3 Å². The van der Waals surface area contributed by atoms with E-state index in [2.05, 4.69) is 36.0 Å². The number of thiazole rings is 1. The molecule has 0 spiro atoms. The van der Waals surface area contributed by atoms with Gasteiger partial charge in [0.15, 0.2) is 11.9 Å². The summed E-state index contributed by atoms with van der Waals surface area (Å²) >= 11 is 1.22. The predicted octanol–water partition coefficient (Wildman–Crippen LogP) is 10.1. The second-order valence-corrected chi connectivity index (χ2v) is 19.4. The van der Waals surface area contributed by atoms with Crippen LogP contribution in [-0.4, -0.2) is 85.9 Å². The van der Waals surface area contributed by atoms with Gasteiger partial charge in [0.1, 0.15) is 41.7 Å². The minimum absolute atomic E-state index is 0.0432. The molecule has 2 aliphatic rings. The van der Waals surface area contributed by atoms with Crippen molar-refractivity contribution >= 4 is 74.2 Å². The van der Waals surface area contributed by atoms with Crippen molar-refractivity contribution in [2.75, 3.05) is 33.0 Å². The Morgan fingerprint density at radius 3 is 1.66 bits per heavy atom. The van der Waals surface area contributed by atoms with E-state index in [-0.39, 0.29) is 49.0 Å². The maximum Gasteiger partial charge on any atom is 0.330 e. The number of benzene rings is 4. The standard InChI is InChI=1S/C59H58N4O16S/c1-4-50(64)72-32-7-31-71-44-21-25-46(26-22-44)77-57(69)41-14-16-42(17-15-41)58(70)79-49-29-18-38(54-53(49)61-59(80-54)63-62-43-19-8-37(34-60)9-20-43)30-33-73-55(67)39-10-12-40(13-11-39)56(68)78-47-27-23-45(24-28-47)74-35-48(76-52(66)6-3)36-75-51(65)5-2/h4-6,8-9,18-29,39-42,48H,1-3,7,10-17,30-33,35-36H2. The van der Waals surface area contributed by atoms with Gasteiger partial charge in [-0.15, -0.1) is 10.2 Å². The van der Waals surface area contributed by atoms with Crippen molar-refractivity contribution in [2.24, 2.45) is 33.9 Å². The van der Waals surface area contributed by atoms with Crippen LogP contribution in [0.15, 0.2) is 133 Å². The molecule has 0 bridgehead atoms. The number of ether oxygens (including phenoxy) is 9. The number of esters is 7. The Balaban J connectivity index is 0.886. The summed E-state index contributed by atoms with van der Waals surface area (Å²) in [6.07, 6.45) is 6.28. The van der Waals surface area contributed by atoms with Crippen LogP contribution in [0.2, 0.25) is 0 Å². The fourth-order valence-corrected chi connectivity index (χ4v) is 9.53. The van der Waals surface area contributed by atoms with Crippen molar-refractivity contribution in [3.8, 4) is 34.8 Å². The molecule has 1 heterocycles. The highest BCUT2D eigenvalue weighted by Crippen LogP contribution is 2.39. The van der Waals surface area contributed by atoms with Crippen LogP contribution >= 0.6 is 11.3 Å². The third-order valence-corrected chi connectivity index (χ3v) is 14.0. The SMILES string of the molecule is C=CC(=O)OCCCOc1ccc(OC(=O)C2CCC(C(=O)Oc3ccc(CCOC(=O)C4CCC(C(=O)Oc5ccc(OCC(COC(=O)C=C)OC(=O)C=C)cc5)CC4)c4sc(N=Nc5ccc(C#N)cc5)nc34)CC2)cc1. The summed E-state index contributed by atoms with van der Waals surface area (Å²) in [4.78, 5) is 92.4. The molecule has 0 amide bonds. The maximum atomic E-state index is 13.7. The Bertz CT molecular complexity index is 3100. The molecule has 4 aromatic carbocycles. The molecule has 2 fully saturated rings. The number of fused-ring (bicyclic) bond motifs is 1. The first-order chi connectivity index (χ1) is 38.8. The summed E-state index contributed by atoms with van der Waals surface area (Å²) in [6.45, 7) is 10.2. The normalized spacial score (nSPS) is 17.1. The van der Waals surface area contributed by atoms with Crippen molar-refractivity contribution in [1.82, 2.24) is 4.98 Å². The van der Waals surface area contributed by atoms with Gasteiger partial charge in [0.2, 0.25) is 5.13 Å². The van der Waals surface area contributed by atoms with E-state index < -0.39 is 65.6 Å². The van der Waals surface area contributed by atoms with E-state index >= 15 is 0 Å². The van der Waals surface area contributed by atoms with Crippen LogP contribution in [0.5, 0.6) is 28.7 Å². The molecular weight excluding hydrogens is 1050 g/mol. The molecule has 0 N–H and O–H groups in total. The fraction of sp³-hybridized carbons (Fsp3) is 0.339. The van der Waals surface area contributed by atoms with Gasteiger partial charge in [-0.1, -0.05) is 37.1 Å². The Kier molecular flexibility index (Phi) is 21.7. The number of carbonyl (C=O) groups is 7. The molecular formula is C59H58N4O16S. The van der Waals surface area contributed by atoms with E-state index in [9.17, 15) is 38.8 Å². The van der Waals surface area contributed by atoms with Gasteiger partial charge >= 0.3 is 41.8 Å². The van der Waals surface area contributed by atoms with Gasteiger partial charge in [-0.3, -0.25) is 19.2 Å². The average molecular weight is 1110 g/mol. The first-order valence-electron chi connectivity index (χ1n) is 25.8. The van der Waals surface area contributed by atoms with Crippen molar-refractivity contribution in [2.45, 2.75) is 70.3 Å². The van der Waals surface area contributed by atoms with E-state index in [0.717, 1.165) is 23.8 Å². The summed E-state index contributed by atoms with van der Waals surface area (Å²) in [6, 6.07) is 24.9. The summed E-state index contributed by atoms with van der Waals surface area (Å²) in [5.41, 5.74) is 2.11. The van der Waals surface area contributed by atoms with Crippen LogP contribution in [0.3, 0.4) is 0 Å². The minimum atomic E-state index is -0.918. The monoisotopic (exact) mass is 1110 g/mol. The molecule has 416 valence electrons. The van der Waals surface area contributed by atoms with Gasteiger partial charge < -0.3 is 42.6 Å². The number of rotatable bonds is 26. The molecule has 5 aromatic rings. The number of nitrogens with zero attached hydrogens (tertiary/aromatic N) is 4. The van der Waals surface area contributed by atoms with E-state index in [1.54, 1.807) is 84.9 Å². The lowest BCUT2D eigenvalue weighted by Gasteiger charge is -2.26. The van der Waals surface area contributed by atoms with Crippen molar-refractivity contribution < 1.29 is 76.2 Å². The third kappa shape index (κ3) is 17.5. The predicted molar refractivity (Wildman–Crippen MR) is 288 cm³/mol. The largest absolute Gasteiger partial charge is 0.493 e. The number of hydrogen-bond acceptors (Lipinski definition) is 21. The minimum Gasteiger partial charge on any atom is -0.493 e. The Labute approximate surface area is 464 Å². The molecule has 7 rings (SSSR count). The highest BCUT2D eigenvalue weighted by Gasteiger charge is 2.34. The fourth-order valence-electron chi connectivity index (χ4n) is 8.59. The molecule has 0 aliphatic heterocycles. The number of carbonyl (C=O) groups excluding carboxylic acids is 7. The number of azo groups is 1. The third-order valence-electron chi connectivity index (χ3n) is 13.0. The summed E-state index contributed by atoms with van der Waals surface area (Å²) in [5, 5.41) is 18.1. The zero-order valence-corrected chi connectivity index (χ0v) is 44.5. The Morgan fingerprint density at radius 1 is 0.575 bits per heavy atom. The quantitative estimate of drug-likeness (QED) is 0.0124. The molecule has 80 heavy (non-hydrogen) atoms. The van der Waals surface area contributed by atoms with Crippen LogP contribution in [0.25, 0.3) is 10.2 Å². The molecule has 1 atom stereocenters. The van der Waals surface area contributed by atoms with Crippen molar-refractivity contribution in [3.05, 3.63) is 134 Å². The first-order valence-corrected chi connectivity index (χ1v) is 26.7. The summed E-state index contributed by atoms with van der Waals surface area (Å²) in [7, 11) is 0. The van der Waals surface area contributed by atoms with Crippen molar-refractivity contribution in [1.29, 1.82) is 5.26 Å². The zero-order valence-electron chi connectivity index (χ0n) is 43.7. The van der Waals surface area contributed by atoms with E-state index in [4.69, 9.17) is 47.6 Å². The Hall–Kier alpha value is -9.03. The zero-order chi connectivity index (χ0) is 56.8. The molecule has 20 nitrogen and oxygen atoms in total. The molecule has 0 radical (unpaired) electrons. The Morgan fingerprint density at radius 2 is 1.10 bits per heavy atom. The lowest BCUT2D eigenvalue weighted by molar-refractivity contribution is -0.154. The van der Waals surface area contributed by atoms with Crippen LogP contribution < -0.4 is 23.7 Å². The average Bonchev–Trinajstić information content (AvgIpc) is 3.97. The lowest BCUT2D eigenvalue weighted by atomic mass is 9.82. The highest BCUT2D eigenvalue weighted by atomic mass is 32.1. The smallest absolute Gasteiger partial charge is 0.330 e.